The summed E-state index contributed by atoms with van der Waals surface area (Å²) in [4.78, 5) is 19.9. The molecule has 5 heteroatoms. The smallest absolute Gasteiger partial charge is 0.225 e. The van der Waals surface area contributed by atoms with E-state index in [1.54, 1.807) is 0 Å². The minimum Gasteiger partial charge on any atom is -0.375 e. The number of hydrogen-bond acceptors (Lipinski definition) is 4. The molecule has 158 valence electrons. The SMILES string of the molecule is O=C(C1CCC1)N1CCC2(CC1)C[C@H](N1CCN(c3ccccc3)CC1)CCO2. The molecule has 0 unspecified atom stereocenters. The molecule has 1 aromatic rings. The van der Waals surface area contributed by atoms with Crippen LogP contribution in [0.15, 0.2) is 30.3 Å². The van der Waals surface area contributed by atoms with Gasteiger partial charge in [0.2, 0.25) is 5.91 Å². The number of ether oxygens (including phenoxy) is 1. The molecule has 0 radical (unpaired) electrons. The lowest BCUT2D eigenvalue weighted by atomic mass is 9.80. The third kappa shape index (κ3) is 4.04. The van der Waals surface area contributed by atoms with Crippen LogP contribution in [0.25, 0.3) is 0 Å². The second kappa shape index (κ2) is 8.27. The monoisotopic (exact) mass is 397 g/mol. The normalized spacial score (nSPS) is 28.3. The maximum atomic E-state index is 12.6. The number of carbonyl (C=O) groups excluding carboxylic acids is 1. The Bertz CT molecular complexity index is 689. The van der Waals surface area contributed by atoms with Crippen molar-refractivity contribution in [2.24, 2.45) is 5.92 Å². The zero-order valence-electron chi connectivity index (χ0n) is 17.6. The van der Waals surface area contributed by atoms with Crippen LogP contribution in [-0.4, -0.2) is 73.2 Å². The van der Waals surface area contributed by atoms with Crippen LogP contribution >= 0.6 is 0 Å². The molecule has 3 aliphatic heterocycles. The predicted molar refractivity (Wildman–Crippen MR) is 115 cm³/mol. The Kier molecular flexibility index (Phi) is 5.53. The molecule has 1 aromatic carbocycles. The van der Waals surface area contributed by atoms with E-state index in [2.05, 4.69) is 45.0 Å². The third-order valence-electron chi connectivity index (χ3n) is 7.86. The van der Waals surface area contributed by atoms with Gasteiger partial charge >= 0.3 is 0 Å². The highest BCUT2D eigenvalue weighted by Crippen LogP contribution is 2.38. The summed E-state index contributed by atoms with van der Waals surface area (Å²) in [7, 11) is 0. The first-order chi connectivity index (χ1) is 14.2. The fourth-order valence-electron chi connectivity index (χ4n) is 5.69. The molecular formula is C24H35N3O2. The lowest BCUT2D eigenvalue weighted by Gasteiger charge is -2.50. The number of para-hydroxylation sites is 1. The Morgan fingerprint density at radius 2 is 1.66 bits per heavy atom. The quantitative estimate of drug-likeness (QED) is 0.785. The molecule has 4 fully saturated rings. The van der Waals surface area contributed by atoms with Gasteiger partial charge in [-0.25, -0.2) is 0 Å². The first-order valence-corrected chi connectivity index (χ1v) is 11.7. The van der Waals surface area contributed by atoms with E-state index in [1.165, 1.54) is 12.1 Å². The van der Waals surface area contributed by atoms with Crippen molar-refractivity contribution in [3.63, 3.8) is 0 Å². The van der Waals surface area contributed by atoms with Crippen molar-refractivity contribution >= 4 is 11.6 Å². The number of nitrogens with zero attached hydrogens (tertiary/aromatic N) is 3. The number of piperidine rings is 1. The van der Waals surface area contributed by atoms with E-state index < -0.39 is 0 Å². The van der Waals surface area contributed by atoms with Crippen LogP contribution in [0.1, 0.15) is 44.9 Å². The minimum absolute atomic E-state index is 0.00980. The summed E-state index contributed by atoms with van der Waals surface area (Å²) in [5, 5.41) is 0. The number of carbonyl (C=O) groups is 1. The van der Waals surface area contributed by atoms with E-state index >= 15 is 0 Å². The summed E-state index contributed by atoms with van der Waals surface area (Å²) in [5.74, 6) is 0.737. The van der Waals surface area contributed by atoms with Crippen molar-refractivity contribution in [3.8, 4) is 0 Å². The molecule has 29 heavy (non-hydrogen) atoms. The molecule has 4 aliphatic rings. The second-order valence-electron chi connectivity index (χ2n) is 9.49. The Balaban J connectivity index is 1.14. The molecule has 5 nitrogen and oxygen atoms in total. The summed E-state index contributed by atoms with van der Waals surface area (Å²) in [6, 6.07) is 11.4. The summed E-state index contributed by atoms with van der Waals surface area (Å²) in [6.07, 6.45) is 7.78. The molecular weight excluding hydrogens is 362 g/mol. The van der Waals surface area contributed by atoms with Crippen LogP contribution in [0.3, 0.4) is 0 Å². The Hall–Kier alpha value is -1.59. The van der Waals surface area contributed by atoms with Gasteiger partial charge in [0.05, 0.1) is 5.60 Å². The first-order valence-electron chi connectivity index (χ1n) is 11.7. The molecule has 3 heterocycles. The highest BCUT2D eigenvalue weighted by atomic mass is 16.5. The third-order valence-corrected chi connectivity index (χ3v) is 7.86. The maximum Gasteiger partial charge on any atom is 0.225 e. The predicted octanol–water partition coefficient (Wildman–Crippen LogP) is 3.15. The van der Waals surface area contributed by atoms with E-state index in [4.69, 9.17) is 4.74 Å². The number of benzene rings is 1. The highest BCUT2D eigenvalue weighted by molar-refractivity contribution is 5.79. The van der Waals surface area contributed by atoms with Gasteiger partial charge in [-0.2, -0.15) is 0 Å². The summed E-state index contributed by atoms with van der Waals surface area (Å²) < 4.78 is 6.37. The Labute approximate surface area is 175 Å². The fraction of sp³-hybridized carbons (Fsp3) is 0.708. The molecule has 0 N–H and O–H groups in total. The topological polar surface area (TPSA) is 36.0 Å². The summed E-state index contributed by atoms with van der Waals surface area (Å²) in [6.45, 7) is 7.16. The number of rotatable bonds is 3. The lowest BCUT2D eigenvalue weighted by Crippen LogP contribution is -2.58. The summed E-state index contributed by atoms with van der Waals surface area (Å²) in [5.41, 5.74) is 1.36. The van der Waals surface area contributed by atoms with Crippen LogP contribution in [0.5, 0.6) is 0 Å². The van der Waals surface area contributed by atoms with Gasteiger partial charge < -0.3 is 14.5 Å². The summed E-state index contributed by atoms with van der Waals surface area (Å²) >= 11 is 0. The zero-order valence-corrected chi connectivity index (χ0v) is 17.6. The van der Waals surface area contributed by atoms with Crippen molar-refractivity contribution in [1.29, 1.82) is 0 Å². The lowest BCUT2D eigenvalue weighted by molar-refractivity contribution is -0.154. The van der Waals surface area contributed by atoms with E-state index in [-0.39, 0.29) is 5.60 Å². The van der Waals surface area contributed by atoms with Crippen LogP contribution < -0.4 is 4.90 Å². The molecule has 1 aliphatic carbocycles. The van der Waals surface area contributed by atoms with Crippen molar-refractivity contribution in [1.82, 2.24) is 9.80 Å². The van der Waals surface area contributed by atoms with Gasteiger partial charge in [0.1, 0.15) is 0 Å². The Morgan fingerprint density at radius 3 is 2.31 bits per heavy atom. The molecule has 1 atom stereocenters. The molecule has 1 spiro atoms. The number of likely N-dealkylation sites (tertiary alicyclic amines) is 1. The van der Waals surface area contributed by atoms with Crippen molar-refractivity contribution in [2.75, 3.05) is 50.8 Å². The largest absolute Gasteiger partial charge is 0.375 e. The number of anilines is 1. The fourth-order valence-corrected chi connectivity index (χ4v) is 5.69. The number of piperazine rings is 1. The van der Waals surface area contributed by atoms with E-state index in [1.807, 2.05) is 0 Å². The van der Waals surface area contributed by atoms with E-state index in [9.17, 15) is 4.79 Å². The minimum atomic E-state index is 0.00980. The van der Waals surface area contributed by atoms with Crippen LogP contribution in [0.2, 0.25) is 0 Å². The zero-order chi connectivity index (χ0) is 19.7. The first kappa shape index (κ1) is 19.4. The van der Waals surface area contributed by atoms with Gasteiger partial charge in [0.25, 0.3) is 0 Å². The van der Waals surface area contributed by atoms with E-state index in [0.717, 1.165) is 84.4 Å². The van der Waals surface area contributed by atoms with Gasteiger partial charge in [-0.15, -0.1) is 0 Å². The molecule has 0 bridgehead atoms. The van der Waals surface area contributed by atoms with E-state index in [0.29, 0.717) is 17.9 Å². The van der Waals surface area contributed by atoms with Gasteiger partial charge in [0, 0.05) is 63.5 Å². The van der Waals surface area contributed by atoms with Crippen molar-refractivity contribution < 1.29 is 9.53 Å². The standard InChI is InChI=1S/C24H35N3O2/c28-23(20-5-4-6-20)27-12-10-24(11-13-27)19-22(9-18-29-24)26-16-14-25(15-17-26)21-7-2-1-3-8-21/h1-3,7-8,20,22H,4-6,9-19H2/t22-/m1/s1. The van der Waals surface area contributed by atoms with Gasteiger partial charge in [0.15, 0.2) is 0 Å². The molecule has 0 aromatic heterocycles. The van der Waals surface area contributed by atoms with Gasteiger partial charge in [-0.05, 0) is 50.7 Å². The van der Waals surface area contributed by atoms with Gasteiger partial charge in [-0.1, -0.05) is 24.6 Å². The Morgan fingerprint density at radius 1 is 0.931 bits per heavy atom. The molecule has 1 saturated carbocycles. The second-order valence-corrected chi connectivity index (χ2v) is 9.49. The van der Waals surface area contributed by atoms with Gasteiger partial charge in [-0.3, -0.25) is 9.69 Å². The van der Waals surface area contributed by atoms with Crippen LogP contribution in [0.4, 0.5) is 5.69 Å². The molecule has 5 rings (SSSR count). The average molecular weight is 398 g/mol. The van der Waals surface area contributed by atoms with Crippen LogP contribution in [0, 0.1) is 5.92 Å². The number of hydrogen-bond donors (Lipinski definition) is 0. The van der Waals surface area contributed by atoms with Crippen molar-refractivity contribution in [2.45, 2.75) is 56.6 Å². The average Bonchev–Trinajstić information content (AvgIpc) is 2.74. The molecule has 1 amide bonds. The number of amides is 1. The highest BCUT2D eigenvalue weighted by Gasteiger charge is 2.43. The van der Waals surface area contributed by atoms with Crippen LogP contribution in [-0.2, 0) is 9.53 Å². The van der Waals surface area contributed by atoms with Crippen molar-refractivity contribution in [3.05, 3.63) is 30.3 Å². The maximum absolute atomic E-state index is 12.6. The molecule has 3 saturated heterocycles.